The van der Waals surface area contributed by atoms with E-state index in [0.29, 0.717) is 11.1 Å². The van der Waals surface area contributed by atoms with E-state index in [-0.39, 0.29) is 18.0 Å². The van der Waals surface area contributed by atoms with Crippen molar-refractivity contribution in [1.82, 2.24) is 0 Å². The van der Waals surface area contributed by atoms with E-state index in [1.54, 1.807) is 67.6 Å². The quantitative estimate of drug-likeness (QED) is 0.437. The number of carbonyl (C=O) groups excluding carboxylic acids is 1. The van der Waals surface area contributed by atoms with Crippen LogP contribution in [0.4, 0.5) is 0 Å². The van der Waals surface area contributed by atoms with Crippen LogP contribution in [-0.2, 0) is 9.53 Å². The number of nitriles is 1. The number of esters is 1. The normalized spacial score (nSPS) is 18.9. The second kappa shape index (κ2) is 8.56. The zero-order chi connectivity index (χ0) is 22.0. The Labute approximate surface area is 193 Å². The fourth-order valence-corrected chi connectivity index (χ4v) is 4.96. The second-order valence-electron chi connectivity index (χ2n) is 6.36. The molecule has 5 nitrogen and oxygen atoms in total. The van der Waals surface area contributed by atoms with Crippen LogP contribution in [0.3, 0.4) is 0 Å². The van der Waals surface area contributed by atoms with Gasteiger partial charge in [0.2, 0.25) is 5.41 Å². The molecule has 0 aromatic heterocycles. The number of nitrogens with zero attached hydrogens (tertiary/aromatic N) is 3. The first-order valence-corrected chi connectivity index (χ1v) is 10.4. The summed E-state index contributed by atoms with van der Waals surface area (Å²) in [6, 6.07) is 19.0. The van der Waals surface area contributed by atoms with Gasteiger partial charge in [0.05, 0.1) is 12.7 Å². The van der Waals surface area contributed by atoms with Crippen molar-refractivity contribution in [2.75, 3.05) is 6.61 Å². The largest absolute Gasteiger partial charge is 0.465 e. The molecular formula is C21H15Cl4N3O2. The molecule has 0 spiro atoms. The lowest BCUT2D eigenvalue weighted by Crippen LogP contribution is -2.62. The Morgan fingerprint density at radius 1 is 0.900 bits per heavy atom. The molecule has 0 bridgehead atoms. The molecule has 1 aliphatic rings. The maximum Gasteiger partial charge on any atom is 0.333 e. The summed E-state index contributed by atoms with van der Waals surface area (Å²) < 4.78 is 0.548. The minimum absolute atomic E-state index is 0.0500. The van der Waals surface area contributed by atoms with Crippen molar-refractivity contribution in [3.63, 3.8) is 0 Å². The van der Waals surface area contributed by atoms with Crippen LogP contribution < -0.4 is 0 Å². The Kier molecular flexibility index (Phi) is 6.45. The number of alkyl halides is 4. The molecule has 1 aliphatic heterocycles. The molecule has 3 rings (SSSR count). The zero-order valence-corrected chi connectivity index (χ0v) is 18.7. The highest BCUT2D eigenvalue weighted by Crippen LogP contribution is 2.58. The fourth-order valence-electron chi connectivity index (χ4n) is 3.13. The van der Waals surface area contributed by atoms with E-state index in [9.17, 15) is 10.1 Å². The number of carbonyl (C=O) groups is 1. The lowest BCUT2D eigenvalue weighted by Gasteiger charge is -2.41. The van der Waals surface area contributed by atoms with E-state index in [2.05, 4.69) is 10.2 Å². The van der Waals surface area contributed by atoms with Gasteiger partial charge in [0.15, 0.2) is 8.67 Å². The van der Waals surface area contributed by atoms with Gasteiger partial charge in [0.25, 0.3) is 0 Å². The van der Waals surface area contributed by atoms with Crippen LogP contribution in [0.2, 0.25) is 0 Å². The van der Waals surface area contributed by atoms with Gasteiger partial charge in [-0.1, -0.05) is 107 Å². The van der Waals surface area contributed by atoms with Gasteiger partial charge in [-0.2, -0.15) is 15.5 Å². The van der Waals surface area contributed by atoms with Crippen molar-refractivity contribution < 1.29 is 9.53 Å². The molecule has 0 unspecified atom stereocenters. The molecule has 2 aromatic carbocycles. The maximum absolute atomic E-state index is 13.2. The molecule has 0 aliphatic carbocycles. The number of ether oxygens (including phenoxy) is 1. The lowest BCUT2D eigenvalue weighted by molar-refractivity contribution is -0.151. The monoisotopic (exact) mass is 481 g/mol. The molecule has 0 N–H and O–H groups in total. The minimum Gasteiger partial charge on any atom is -0.465 e. The van der Waals surface area contributed by atoms with Crippen LogP contribution in [0.5, 0.6) is 0 Å². The van der Waals surface area contributed by atoms with E-state index < -0.39 is 20.1 Å². The SMILES string of the molecule is CCOC(=O)C1(C#N)C(Cl)(Cl)C(c2ccccc2)=NN=C(c2ccccc2)C1(Cl)Cl. The molecule has 154 valence electrons. The predicted octanol–water partition coefficient (Wildman–Crippen LogP) is 5.31. The Hall–Kier alpha value is -2.10. The van der Waals surface area contributed by atoms with Gasteiger partial charge in [0, 0.05) is 11.1 Å². The molecule has 0 amide bonds. The average Bonchev–Trinajstić information content (AvgIpc) is 2.79. The Bertz CT molecular complexity index is 977. The van der Waals surface area contributed by atoms with E-state index in [0.717, 1.165) is 0 Å². The summed E-state index contributed by atoms with van der Waals surface area (Å²) in [4.78, 5) is 13.2. The molecule has 1 heterocycles. The third-order valence-electron chi connectivity index (χ3n) is 4.63. The van der Waals surface area contributed by atoms with Crippen molar-refractivity contribution in [3.8, 4) is 6.07 Å². The summed E-state index contributed by atoms with van der Waals surface area (Å²) in [6.07, 6.45) is 0. The fraction of sp³-hybridized carbons (Fsp3) is 0.238. The van der Waals surface area contributed by atoms with Crippen molar-refractivity contribution in [2.45, 2.75) is 15.6 Å². The van der Waals surface area contributed by atoms with Gasteiger partial charge in [0.1, 0.15) is 11.4 Å². The van der Waals surface area contributed by atoms with Gasteiger partial charge in [-0.05, 0) is 6.92 Å². The molecule has 0 saturated heterocycles. The van der Waals surface area contributed by atoms with E-state index in [1.165, 1.54) is 0 Å². The summed E-state index contributed by atoms with van der Waals surface area (Å²) in [5.74, 6) is -1.09. The summed E-state index contributed by atoms with van der Waals surface area (Å²) in [7, 11) is 0. The summed E-state index contributed by atoms with van der Waals surface area (Å²) in [6.45, 7) is 1.53. The van der Waals surface area contributed by atoms with Crippen molar-refractivity contribution in [1.29, 1.82) is 5.26 Å². The van der Waals surface area contributed by atoms with Crippen molar-refractivity contribution >= 4 is 63.8 Å². The predicted molar refractivity (Wildman–Crippen MR) is 120 cm³/mol. The second-order valence-corrected chi connectivity index (χ2v) is 9.02. The molecular weight excluding hydrogens is 468 g/mol. The maximum atomic E-state index is 13.2. The van der Waals surface area contributed by atoms with Gasteiger partial charge in [-0.25, -0.2) is 0 Å². The highest BCUT2D eigenvalue weighted by Gasteiger charge is 2.73. The third kappa shape index (κ3) is 3.38. The summed E-state index contributed by atoms with van der Waals surface area (Å²) in [5.41, 5.74) is -1.74. The van der Waals surface area contributed by atoms with Crippen molar-refractivity contribution in [2.24, 2.45) is 15.6 Å². The topological polar surface area (TPSA) is 74.8 Å². The van der Waals surface area contributed by atoms with Crippen LogP contribution in [0, 0.1) is 16.7 Å². The van der Waals surface area contributed by atoms with Crippen molar-refractivity contribution in [3.05, 3.63) is 71.8 Å². The highest BCUT2D eigenvalue weighted by atomic mass is 35.5. The molecule has 9 heteroatoms. The summed E-state index contributed by atoms with van der Waals surface area (Å²) >= 11 is 26.9. The lowest BCUT2D eigenvalue weighted by atomic mass is 9.75. The van der Waals surface area contributed by atoms with Gasteiger partial charge in [-0.15, -0.1) is 0 Å². The van der Waals surface area contributed by atoms with Gasteiger partial charge in [-0.3, -0.25) is 4.79 Å². The van der Waals surface area contributed by atoms with Gasteiger partial charge < -0.3 is 4.74 Å². The van der Waals surface area contributed by atoms with E-state index >= 15 is 0 Å². The molecule has 0 saturated carbocycles. The molecule has 0 fully saturated rings. The van der Waals surface area contributed by atoms with E-state index in [4.69, 9.17) is 51.1 Å². The zero-order valence-electron chi connectivity index (χ0n) is 15.7. The highest BCUT2D eigenvalue weighted by molar-refractivity contribution is 6.68. The van der Waals surface area contributed by atoms with Crippen LogP contribution in [-0.4, -0.2) is 32.7 Å². The number of hydrogen-bond donors (Lipinski definition) is 0. The van der Waals surface area contributed by atoms with Gasteiger partial charge >= 0.3 is 5.97 Å². The first-order valence-electron chi connectivity index (χ1n) is 8.85. The first-order chi connectivity index (χ1) is 14.2. The van der Waals surface area contributed by atoms with Crippen LogP contribution in [0.25, 0.3) is 0 Å². The average molecular weight is 483 g/mol. The molecule has 2 aromatic rings. The first kappa shape index (κ1) is 22.6. The standard InChI is InChI=1S/C21H15Cl4N3O2/c1-2-30-18(29)19(13-26)20(22,23)16(14-9-5-3-6-10-14)27-28-17(21(19,24)25)15-11-7-4-8-12-15/h3-12H,2H2,1H3. The number of halogens is 4. The minimum atomic E-state index is -2.50. The smallest absolute Gasteiger partial charge is 0.333 e. The van der Waals surface area contributed by atoms with Crippen LogP contribution in [0.1, 0.15) is 18.1 Å². The Balaban J connectivity index is 2.39. The molecule has 0 atom stereocenters. The Morgan fingerprint density at radius 2 is 1.30 bits per heavy atom. The number of hydrogen-bond acceptors (Lipinski definition) is 5. The van der Waals surface area contributed by atoms with Crippen LogP contribution in [0.15, 0.2) is 70.9 Å². The molecule has 0 radical (unpaired) electrons. The Morgan fingerprint density at radius 3 is 1.63 bits per heavy atom. The number of rotatable bonds is 4. The summed E-state index contributed by atoms with van der Waals surface area (Å²) in [5, 5.41) is 18.7. The van der Waals surface area contributed by atoms with Crippen LogP contribution >= 0.6 is 46.4 Å². The van der Waals surface area contributed by atoms with E-state index in [1.807, 2.05) is 6.07 Å². The number of benzene rings is 2. The third-order valence-corrected chi connectivity index (χ3v) is 6.48. The molecule has 30 heavy (non-hydrogen) atoms.